The molecule has 0 amide bonds. The van der Waals surface area contributed by atoms with Crippen molar-refractivity contribution in [2.45, 2.75) is 19.5 Å². The van der Waals surface area contributed by atoms with Gasteiger partial charge in [-0.3, -0.25) is 10.1 Å². The Morgan fingerprint density at radius 3 is 2.62 bits per heavy atom. The van der Waals surface area contributed by atoms with Crippen LogP contribution in [0.25, 0.3) is 0 Å². The number of hydrogen-bond acceptors (Lipinski definition) is 5. The van der Waals surface area contributed by atoms with E-state index in [4.69, 9.17) is 4.74 Å². The Balaban J connectivity index is 0.00000529. The first-order chi connectivity index (χ1) is 11.1. The molecule has 0 spiro atoms. The van der Waals surface area contributed by atoms with Gasteiger partial charge < -0.3 is 15.4 Å². The van der Waals surface area contributed by atoms with E-state index < -0.39 is 4.92 Å². The van der Waals surface area contributed by atoms with Crippen LogP contribution in [0.4, 0.5) is 5.69 Å². The number of thioether (sulfide) groups is 1. The highest BCUT2D eigenvalue weighted by Crippen LogP contribution is 2.12. The number of guanidine groups is 1. The zero-order valence-corrected chi connectivity index (χ0v) is 17.3. The Labute approximate surface area is 164 Å². The molecule has 0 aromatic heterocycles. The number of nitrogens with one attached hydrogen (secondary N) is 2. The lowest BCUT2D eigenvalue weighted by Gasteiger charge is -2.17. The molecule has 24 heavy (non-hydrogen) atoms. The summed E-state index contributed by atoms with van der Waals surface area (Å²) < 4.78 is 5.12. The lowest BCUT2D eigenvalue weighted by Crippen LogP contribution is -2.44. The zero-order chi connectivity index (χ0) is 17.1. The smallest absolute Gasteiger partial charge is 0.269 e. The van der Waals surface area contributed by atoms with E-state index in [2.05, 4.69) is 21.9 Å². The van der Waals surface area contributed by atoms with Crippen molar-refractivity contribution in [1.29, 1.82) is 0 Å². The maximum absolute atomic E-state index is 10.7. The average Bonchev–Trinajstić information content (AvgIpc) is 2.53. The van der Waals surface area contributed by atoms with Gasteiger partial charge >= 0.3 is 0 Å². The third-order valence-electron chi connectivity index (χ3n) is 2.97. The Morgan fingerprint density at radius 1 is 1.42 bits per heavy atom. The van der Waals surface area contributed by atoms with Crippen LogP contribution in [0.1, 0.15) is 12.5 Å². The number of nitro benzene ring substituents is 1. The monoisotopic (exact) mass is 468 g/mol. The number of nitrogens with zero attached hydrogens (tertiary/aromatic N) is 2. The van der Waals surface area contributed by atoms with Crippen molar-refractivity contribution in [3.05, 3.63) is 39.9 Å². The van der Waals surface area contributed by atoms with Gasteiger partial charge in [-0.2, -0.15) is 11.8 Å². The Kier molecular flexibility index (Phi) is 12.7. The summed E-state index contributed by atoms with van der Waals surface area (Å²) in [6.07, 6.45) is 2.05. The van der Waals surface area contributed by atoms with E-state index in [0.29, 0.717) is 19.1 Å². The van der Waals surface area contributed by atoms with E-state index >= 15 is 0 Å². The number of benzene rings is 1. The molecule has 0 saturated carbocycles. The van der Waals surface area contributed by atoms with Crippen molar-refractivity contribution in [1.82, 2.24) is 10.6 Å². The minimum atomic E-state index is -0.406. The van der Waals surface area contributed by atoms with Gasteiger partial charge in [0, 0.05) is 37.6 Å². The van der Waals surface area contributed by atoms with Crippen molar-refractivity contribution < 1.29 is 9.66 Å². The fourth-order valence-electron chi connectivity index (χ4n) is 1.84. The number of aliphatic imine (C=N–C) groups is 1. The third kappa shape index (κ3) is 9.28. The molecule has 0 radical (unpaired) electrons. The summed E-state index contributed by atoms with van der Waals surface area (Å²) in [4.78, 5) is 14.8. The highest BCUT2D eigenvalue weighted by Gasteiger charge is 2.06. The molecule has 1 unspecified atom stereocenters. The molecule has 9 heteroatoms. The fraction of sp³-hybridized carbons (Fsp3) is 0.533. The quantitative estimate of drug-likeness (QED) is 0.145. The predicted octanol–water partition coefficient (Wildman–Crippen LogP) is 2.65. The number of ether oxygens (including phenoxy) is 1. The molecule has 0 aliphatic rings. The predicted molar refractivity (Wildman–Crippen MR) is 111 cm³/mol. The van der Waals surface area contributed by atoms with Crippen LogP contribution in [0.15, 0.2) is 29.3 Å². The zero-order valence-electron chi connectivity index (χ0n) is 14.2. The standard InChI is InChI=1S/C15H24N4O3S.HI/c1-12(11-22-2)18-15(16-8-9-23-3)17-10-13-4-6-14(7-5-13)19(20)21;/h4-7,12H,8-11H2,1-3H3,(H2,16,17,18);1H. The molecule has 0 aliphatic carbocycles. The highest BCUT2D eigenvalue weighted by atomic mass is 127. The molecule has 0 heterocycles. The SMILES string of the molecule is COCC(C)NC(=NCc1ccc([N+](=O)[O-])cc1)NCCSC.I. The molecule has 1 aromatic carbocycles. The summed E-state index contributed by atoms with van der Waals surface area (Å²) in [7, 11) is 1.66. The van der Waals surface area contributed by atoms with Crippen LogP contribution in [0.5, 0.6) is 0 Å². The summed E-state index contributed by atoms with van der Waals surface area (Å²) in [5.41, 5.74) is 1.00. The molecule has 0 saturated heterocycles. The molecule has 0 fully saturated rings. The Bertz CT molecular complexity index is 514. The average molecular weight is 468 g/mol. The largest absolute Gasteiger partial charge is 0.383 e. The molecular formula is C15H25IN4O3S. The summed E-state index contributed by atoms with van der Waals surface area (Å²) in [5.74, 6) is 1.69. The van der Waals surface area contributed by atoms with Gasteiger partial charge in [-0.15, -0.1) is 24.0 Å². The van der Waals surface area contributed by atoms with Crippen LogP contribution in [0.2, 0.25) is 0 Å². The van der Waals surface area contributed by atoms with Gasteiger partial charge in [-0.1, -0.05) is 12.1 Å². The molecule has 1 aromatic rings. The van der Waals surface area contributed by atoms with E-state index in [1.54, 1.807) is 31.0 Å². The second-order valence-corrected chi connectivity index (χ2v) is 5.99. The van der Waals surface area contributed by atoms with Crippen LogP contribution < -0.4 is 10.6 Å². The summed E-state index contributed by atoms with van der Waals surface area (Å²) in [5, 5.41) is 17.2. The van der Waals surface area contributed by atoms with Gasteiger partial charge in [-0.25, -0.2) is 4.99 Å². The highest BCUT2D eigenvalue weighted by molar-refractivity contribution is 14.0. The van der Waals surface area contributed by atoms with E-state index in [1.165, 1.54) is 12.1 Å². The first-order valence-electron chi connectivity index (χ1n) is 7.33. The topological polar surface area (TPSA) is 88.8 Å². The number of nitro groups is 1. The molecular weight excluding hydrogens is 443 g/mol. The molecule has 1 rings (SSSR count). The van der Waals surface area contributed by atoms with Gasteiger partial charge in [-0.05, 0) is 18.7 Å². The van der Waals surface area contributed by atoms with E-state index in [9.17, 15) is 10.1 Å². The summed E-state index contributed by atoms with van der Waals surface area (Å²) in [6.45, 7) is 3.86. The third-order valence-corrected chi connectivity index (χ3v) is 3.58. The van der Waals surface area contributed by atoms with Crippen LogP contribution in [-0.4, -0.2) is 49.2 Å². The lowest BCUT2D eigenvalue weighted by atomic mass is 10.2. The first kappa shape index (κ1) is 22.9. The minimum Gasteiger partial charge on any atom is -0.383 e. The summed E-state index contributed by atoms with van der Waals surface area (Å²) in [6, 6.07) is 6.57. The van der Waals surface area contributed by atoms with Crippen molar-refractivity contribution in [3.8, 4) is 0 Å². The molecule has 7 nitrogen and oxygen atoms in total. The maximum atomic E-state index is 10.7. The van der Waals surface area contributed by atoms with Crippen LogP contribution in [-0.2, 0) is 11.3 Å². The lowest BCUT2D eigenvalue weighted by molar-refractivity contribution is -0.384. The van der Waals surface area contributed by atoms with Crippen molar-refractivity contribution in [3.63, 3.8) is 0 Å². The molecule has 0 bridgehead atoms. The molecule has 2 N–H and O–H groups in total. The van der Waals surface area contributed by atoms with Crippen LogP contribution in [0.3, 0.4) is 0 Å². The van der Waals surface area contributed by atoms with Gasteiger partial charge in [0.05, 0.1) is 18.1 Å². The van der Waals surface area contributed by atoms with E-state index in [-0.39, 0.29) is 35.7 Å². The number of rotatable bonds is 9. The first-order valence-corrected chi connectivity index (χ1v) is 8.72. The molecule has 1 atom stereocenters. The van der Waals surface area contributed by atoms with Crippen molar-refractivity contribution in [2.75, 3.05) is 32.3 Å². The van der Waals surface area contributed by atoms with Crippen LogP contribution >= 0.6 is 35.7 Å². The minimum absolute atomic E-state index is 0. The number of hydrogen-bond donors (Lipinski definition) is 2. The van der Waals surface area contributed by atoms with E-state index in [1.807, 2.05) is 6.92 Å². The Morgan fingerprint density at radius 2 is 2.08 bits per heavy atom. The van der Waals surface area contributed by atoms with Crippen molar-refractivity contribution >= 4 is 47.4 Å². The van der Waals surface area contributed by atoms with Crippen molar-refractivity contribution in [2.24, 2.45) is 4.99 Å². The fourth-order valence-corrected chi connectivity index (χ4v) is 2.15. The van der Waals surface area contributed by atoms with Gasteiger partial charge in [0.1, 0.15) is 0 Å². The van der Waals surface area contributed by atoms with E-state index in [0.717, 1.165) is 17.9 Å². The number of halogens is 1. The number of non-ortho nitro benzene ring substituents is 1. The van der Waals surface area contributed by atoms with Gasteiger partial charge in [0.25, 0.3) is 5.69 Å². The van der Waals surface area contributed by atoms with Gasteiger partial charge in [0.2, 0.25) is 0 Å². The maximum Gasteiger partial charge on any atom is 0.269 e. The number of methoxy groups -OCH3 is 1. The Hall–Kier alpha value is -1.07. The normalized spacial score (nSPS) is 12.2. The molecule has 0 aliphatic heterocycles. The molecule has 136 valence electrons. The van der Waals surface area contributed by atoms with Gasteiger partial charge in [0.15, 0.2) is 5.96 Å². The summed E-state index contributed by atoms with van der Waals surface area (Å²) >= 11 is 1.76. The second kappa shape index (κ2) is 13.2. The van der Waals surface area contributed by atoms with Crippen LogP contribution in [0, 0.1) is 10.1 Å². The second-order valence-electron chi connectivity index (χ2n) is 5.01.